The normalized spacial score (nSPS) is 16.4. The van der Waals surface area contributed by atoms with Crippen LogP contribution < -0.4 is 0 Å². The minimum Gasteiger partial charge on any atom is -0.480 e. The third-order valence-electron chi connectivity index (χ3n) is 4.33. The van der Waals surface area contributed by atoms with E-state index in [4.69, 9.17) is 12.2 Å². The lowest BCUT2D eigenvalue weighted by Crippen LogP contribution is -2.45. The number of nitro groups is 1. The molecular weight excluding hydrogens is 424 g/mol. The number of amides is 1. The minimum atomic E-state index is -1.13. The summed E-state index contributed by atoms with van der Waals surface area (Å²) in [5.41, 5.74) is 1.51. The molecule has 1 aliphatic rings. The topological polar surface area (TPSA) is 101 Å². The quantitative estimate of drug-likeness (QED) is 0.300. The van der Waals surface area contributed by atoms with Gasteiger partial charge in [-0.15, -0.1) is 0 Å². The number of carboxylic acids is 1. The van der Waals surface area contributed by atoms with Crippen LogP contribution in [0.15, 0.2) is 71.7 Å². The van der Waals surface area contributed by atoms with Gasteiger partial charge in [-0.05, 0) is 29.3 Å². The van der Waals surface area contributed by atoms with Gasteiger partial charge in [0.15, 0.2) is 0 Å². The lowest BCUT2D eigenvalue weighted by molar-refractivity contribution is -0.384. The molecule has 0 spiro atoms. The third kappa shape index (κ3) is 5.00. The lowest BCUT2D eigenvalue weighted by atomic mass is 10.0. The Morgan fingerprint density at radius 3 is 2.47 bits per heavy atom. The second-order valence-corrected chi connectivity index (χ2v) is 8.00. The van der Waals surface area contributed by atoms with E-state index in [2.05, 4.69) is 0 Å². The van der Waals surface area contributed by atoms with E-state index in [-0.39, 0.29) is 16.4 Å². The fourth-order valence-electron chi connectivity index (χ4n) is 2.84. The van der Waals surface area contributed by atoms with Crippen LogP contribution >= 0.6 is 24.0 Å². The average Bonchev–Trinajstić information content (AvgIpc) is 3.00. The SMILES string of the molecule is O=C(O)C(Cc1ccccc1)N1C(=O)/C(=C/C=C/c2ccc([N+](=O)[O-])cc2)SC1=S. The van der Waals surface area contributed by atoms with E-state index in [1.807, 2.05) is 6.07 Å². The first-order valence-electron chi connectivity index (χ1n) is 8.81. The van der Waals surface area contributed by atoms with E-state index in [1.54, 1.807) is 54.6 Å². The first-order chi connectivity index (χ1) is 14.4. The number of benzene rings is 2. The van der Waals surface area contributed by atoms with Crippen molar-refractivity contribution < 1.29 is 19.6 Å². The van der Waals surface area contributed by atoms with E-state index in [9.17, 15) is 24.8 Å². The maximum absolute atomic E-state index is 12.8. The van der Waals surface area contributed by atoms with Crippen LogP contribution in [0.1, 0.15) is 11.1 Å². The van der Waals surface area contributed by atoms with Gasteiger partial charge in [-0.3, -0.25) is 19.8 Å². The summed E-state index contributed by atoms with van der Waals surface area (Å²) in [7, 11) is 0. The van der Waals surface area contributed by atoms with Gasteiger partial charge in [0, 0.05) is 18.6 Å². The smallest absolute Gasteiger partial charge is 0.327 e. The predicted molar refractivity (Wildman–Crippen MR) is 119 cm³/mol. The monoisotopic (exact) mass is 440 g/mol. The molecule has 3 rings (SSSR count). The Morgan fingerprint density at radius 1 is 1.20 bits per heavy atom. The van der Waals surface area contributed by atoms with Gasteiger partial charge in [0.05, 0.1) is 9.83 Å². The number of aliphatic carboxylic acids is 1. The highest BCUT2D eigenvalue weighted by molar-refractivity contribution is 8.26. The van der Waals surface area contributed by atoms with Crippen molar-refractivity contribution in [2.75, 3.05) is 0 Å². The Morgan fingerprint density at radius 2 is 1.87 bits per heavy atom. The number of hydrogen-bond donors (Lipinski definition) is 1. The van der Waals surface area contributed by atoms with Gasteiger partial charge in [0.25, 0.3) is 11.6 Å². The molecular formula is C21H16N2O5S2. The molecule has 1 fully saturated rings. The van der Waals surface area contributed by atoms with Gasteiger partial charge >= 0.3 is 5.97 Å². The molecule has 1 aliphatic heterocycles. The van der Waals surface area contributed by atoms with E-state index < -0.39 is 22.8 Å². The molecule has 30 heavy (non-hydrogen) atoms. The number of carbonyl (C=O) groups is 2. The highest BCUT2D eigenvalue weighted by Gasteiger charge is 2.40. The summed E-state index contributed by atoms with van der Waals surface area (Å²) in [5.74, 6) is -1.58. The van der Waals surface area contributed by atoms with Crippen LogP contribution in [-0.4, -0.2) is 37.2 Å². The van der Waals surface area contributed by atoms with E-state index in [1.165, 1.54) is 12.1 Å². The Kier molecular flexibility index (Phi) is 6.76. The summed E-state index contributed by atoms with van der Waals surface area (Å²) in [4.78, 5) is 36.3. The summed E-state index contributed by atoms with van der Waals surface area (Å²) in [6.45, 7) is 0. The number of rotatable bonds is 7. The molecule has 0 radical (unpaired) electrons. The standard InChI is InChI=1S/C21H16N2O5S2/c24-19-18(8-4-7-14-9-11-16(12-10-14)23(27)28)30-21(29)22(19)17(20(25)26)13-15-5-2-1-3-6-15/h1-12,17H,13H2,(H,25,26)/b7-4+,18-8-. The molecule has 1 amide bonds. The van der Waals surface area contributed by atoms with E-state index in [0.29, 0.717) is 4.91 Å². The Bertz CT molecular complexity index is 1050. The van der Waals surface area contributed by atoms with E-state index in [0.717, 1.165) is 27.8 Å². The minimum absolute atomic E-state index is 0.00819. The van der Waals surface area contributed by atoms with Crippen LogP contribution in [-0.2, 0) is 16.0 Å². The van der Waals surface area contributed by atoms with Crippen molar-refractivity contribution >= 4 is 51.9 Å². The first kappa shape index (κ1) is 21.4. The Balaban J connectivity index is 1.75. The predicted octanol–water partition coefficient (Wildman–Crippen LogP) is 4.05. The van der Waals surface area contributed by atoms with Crippen LogP contribution in [0.3, 0.4) is 0 Å². The molecule has 1 atom stereocenters. The van der Waals surface area contributed by atoms with Crippen molar-refractivity contribution in [3.63, 3.8) is 0 Å². The number of thioether (sulfide) groups is 1. The largest absolute Gasteiger partial charge is 0.480 e. The number of allylic oxidation sites excluding steroid dienone is 2. The molecule has 1 N–H and O–H groups in total. The van der Waals surface area contributed by atoms with Gasteiger partial charge in [-0.2, -0.15) is 0 Å². The zero-order valence-electron chi connectivity index (χ0n) is 15.5. The number of carbonyl (C=O) groups excluding carboxylic acids is 1. The molecule has 0 bridgehead atoms. The van der Waals surface area contributed by atoms with Crippen molar-refractivity contribution in [3.8, 4) is 0 Å². The fourth-order valence-corrected chi connectivity index (χ4v) is 4.15. The molecule has 2 aromatic rings. The Hall–Kier alpha value is -3.30. The highest BCUT2D eigenvalue weighted by Crippen LogP contribution is 2.33. The maximum Gasteiger partial charge on any atom is 0.327 e. The molecule has 1 saturated heterocycles. The highest BCUT2D eigenvalue weighted by atomic mass is 32.2. The molecule has 9 heteroatoms. The Labute approximate surface area is 181 Å². The van der Waals surface area contributed by atoms with Crippen molar-refractivity contribution in [3.05, 3.63) is 92.9 Å². The number of carboxylic acid groups (broad SMARTS) is 1. The van der Waals surface area contributed by atoms with Crippen molar-refractivity contribution in [2.24, 2.45) is 0 Å². The summed E-state index contributed by atoms with van der Waals surface area (Å²) in [6, 6.07) is 13.9. The van der Waals surface area contributed by atoms with Crippen molar-refractivity contribution in [2.45, 2.75) is 12.5 Å². The van der Waals surface area contributed by atoms with Crippen LogP contribution in [0.25, 0.3) is 6.08 Å². The molecule has 152 valence electrons. The molecule has 1 heterocycles. The summed E-state index contributed by atoms with van der Waals surface area (Å²) in [6.07, 6.45) is 5.02. The van der Waals surface area contributed by atoms with Gasteiger partial charge in [-0.25, -0.2) is 4.79 Å². The second kappa shape index (κ2) is 9.47. The van der Waals surface area contributed by atoms with Gasteiger partial charge in [0.1, 0.15) is 10.4 Å². The van der Waals surface area contributed by atoms with Crippen LogP contribution in [0.2, 0.25) is 0 Å². The molecule has 7 nitrogen and oxygen atoms in total. The number of hydrogen-bond acceptors (Lipinski definition) is 6. The zero-order valence-corrected chi connectivity index (χ0v) is 17.1. The zero-order chi connectivity index (χ0) is 21.7. The molecule has 0 saturated carbocycles. The van der Waals surface area contributed by atoms with Gasteiger partial charge in [-0.1, -0.05) is 66.5 Å². The van der Waals surface area contributed by atoms with E-state index >= 15 is 0 Å². The molecule has 1 unspecified atom stereocenters. The first-order valence-corrected chi connectivity index (χ1v) is 10.0. The molecule has 0 aliphatic carbocycles. The second-order valence-electron chi connectivity index (χ2n) is 6.33. The third-order valence-corrected chi connectivity index (χ3v) is 5.68. The number of thiocarbonyl (C=S) groups is 1. The number of nitro benzene ring substituents is 1. The molecule has 2 aromatic carbocycles. The van der Waals surface area contributed by atoms with Crippen LogP contribution in [0.5, 0.6) is 0 Å². The maximum atomic E-state index is 12.8. The van der Waals surface area contributed by atoms with Crippen molar-refractivity contribution in [1.29, 1.82) is 0 Å². The lowest BCUT2D eigenvalue weighted by Gasteiger charge is -2.23. The summed E-state index contributed by atoms with van der Waals surface area (Å²) in [5, 5.41) is 20.4. The summed E-state index contributed by atoms with van der Waals surface area (Å²) >= 11 is 6.31. The van der Waals surface area contributed by atoms with Crippen molar-refractivity contribution in [1.82, 2.24) is 4.90 Å². The number of non-ortho nitro benzene ring substituents is 1. The molecule has 0 aromatic heterocycles. The average molecular weight is 441 g/mol. The number of nitrogens with zero attached hydrogens (tertiary/aromatic N) is 2. The fraction of sp³-hybridized carbons (Fsp3) is 0.0952. The van der Waals surface area contributed by atoms with Crippen LogP contribution in [0.4, 0.5) is 5.69 Å². The van der Waals surface area contributed by atoms with Crippen LogP contribution in [0, 0.1) is 10.1 Å². The van der Waals surface area contributed by atoms with Gasteiger partial charge in [0.2, 0.25) is 0 Å². The summed E-state index contributed by atoms with van der Waals surface area (Å²) < 4.78 is 0.193. The van der Waals surface area contributed by atoms with Gasteiger partial charge < -0.3 is 5.11 Å².